The summed E-state index contributed by atoms with van der Waals surface area (Å²) in [7, 11) is 1.23. The zero-order valence-electron chi connectivity index (χ0n) is 7.11. The number of halogens is 3. The van der Waals surface area contributed by atoms with E-state index >= 15 is 0 Å². The van der Waals surface area contributed by atoms with Gasteiger partial charge in [0.1, 0.15) is 0 Å². The zero-order chi connectivity index (χ0) is 10.9. The molecule has 0 spiro atoms. The Kier molecular flexibility index (Phi) is 3.48. The Morgan fingerprint density at radius 3 is 2.43 bits per heavy atom. The van der Waals surface area contributed by atoms with Gasteiger partial charge < -0.3 is 10.5 Å². The molecule has 0 amide bonds. The average Bonchev–Trinajstić information content (AvgIpc) is 2.19. The number of nitrogen functional groups attached to an aromatic ring is 1. The third-order valence-electron chi connectivity index (χ3n) is 1.61. The Hall–Kier alpha value is -0.640. The molecule has 0 radical (unpaired) electrons. The fourth-order valence-corrected chi connectivity index (χ4v) is 1.50. The van der Waals surface area contributed by atoms with Crippen molar-refractivity contribution in [1.82, 2.24) is 0 Å². The molecule has 0 saturated carbocycles. The minimum Gasteiger partial charge on any atom is -0.465 e. The number of carbonyl (C=O) groups excluding carboxylic acids is 1. The summed E-state index contributed by atoms with van der Waals surface area (Å²) >= 11 is 17.2. The van der Waals surface area contributed by atoms with E-state index in [1.54, 1.807) is 0 Å². The molecule has 76 valence electrons. The first-order valence-electron chi connectivity index (χ1n) is 3.50. The predicted molar refractivity (Wildman–Crippen MR) is 57.2 cm³/mol. The maximum Gasteiger partial charge on any atom is 0.340 e. The van der Waals surface area contributed by atoms with Crippen LogP contribution in [0.2, 0.25) is 15.1 Å². The standard InChI is InChI=1S/C8H6Cl3NO2/c1-14-8(13)3-2-4(9)5(10)6(11)7(3)12/h2H,12H2,1H3. The molecule has 1 rings (SSSR count). The first kappa shape index (κ1) is 11.4. The lowest BCUT2D eigenvalue weighted by Crippen LogP contribution is -2.06. The molecule has 2 N–H and O–H groups in total. The number of hydrogen-bond donors (Lipinski definition) is 1. The molecule has 0 heterocycles. The largest absolute Gasteiger partial charge is 0.465 e. The van der Waals surface area contributed by atoms with Crippen LogP contribution >= 0.6 is 34.8 Å². The van der Waals surface area contributed by atoms with Crippen molar-refractivity contribution in [1.29, 1.82) is 0 Å². The van der Waals surface area contributed by atoms with Crippen LogP contribution in [0.4, 0.5) is 5.69 Å². The van der Waals surface area contributed by atoms with Gasteiger partial charge in [-0.3, -0.25) is 0 Å². The lowest BCUT2D eigenvalue weighted by Gasteiger charge is -2.08. The monoisotopic (exact) mass is 253 g/mol. The van der Waals surface area contributed by atoms with Gasteiger partial charge in [0.2, 0.25) is 0 Å². The van der Waals surface area contributed by atoms with Crippen LogP contribution in [0.25, 0.3) is 0 Å². The molecular weight excluding hydrogens is 248 g/mol. The molecule has 0 aliphatic rings. The highest BCUT2D eigenvalue weighted by Gasteiger charge is 2.17. The van der Waals surface area contributed by atoms with Gasteiger partial charge in [0.25, 0.3) is 0 Å². The van der Waals surface area contributed by atoms with E-state index in [1.165, 1.54) is 13.2 Å². The number of anilines is 1. The fourth-order valence-electron chi connectivity index (χ4n) is 0.888. The molecule has 1 aromatic rings. The van der Waals surface area contributed by atoms with Crippen LogP contribution in [0.1, 0.15) is 10.4 Å². The molecular formula is C8H6Cl3NO2. The number of ether oxygens (including phenoxy) is 1. The number of nitrogens with two attached hydrogens (primary N) is 1. The predicted octanol–water partition coefficient (Wildman–Crippen LogP) is 3.02. The normalized spacial score (nSPS) is 10.0. The molecule has 0 bridgehead atoms. The molecule has 0 aliphatic carbocycles. The third-order valence-corrected chi connectivity index (χ3v) is 2.88. The smallest absolute Gasteiger partial charge is 0.340 e. The minimum absolute atomic E-state index is 0.0552. The zero-order valence-corrected chi connectivity index (χ0v) is 9.37. The SMILES string of the molecule is COC(=O)c1cc(Cl)c(Cl)c(Cl)c1N. The van der Waals surface area contributed by atoms with E-state index in [1.807, 2.05) is 0 Å². The van der Waals surface area contributed by atoms with E-state index in [0.29, 0.717) is 0 Å². The van der Waals surface area contributed by atoms with Crippen LogP contribution in [0.3, 0.4) is 0 Å². The Balaban J connectivity index is 3.40. The highest BCUT2D eigenvalue weighted by Crippen LogP contribution is 2.37. The summed E-state index contributed by atoms with van der Waals surface area (Å²) in [5, 5.41) is 0.337. The van der Waals surface area contributed by atoms with E-state index in [2.05, 4.69) is 4.74 Å². The average molecular weight is 254 g/mol. The van der Waals surface area contributed by atoms with E-state index < -0.39 is 5.97 Å². The molecule has 0 aromatic heterocycles. The second kappa shape index (κ2) is 4.26. The molecule has 0 atom stereocenters. The van der Waals surface area contributed by atoms with Gasteiger partial charge >= 0.3 is 5.97 Å². The summed E-state index contributed by atoms with van der Waals surface area (Å²) in [5.41, 5.74) is 5.72. The van der Waals surface area contributed by atoms with Crippen LogP contribution < -0.4 is 5.73 Å². The van der Waals surface area contributed by atoms with Crippen molar-refractivity contribution in [2.24, 2.45) is 0 Å². The summed E-state index contributed by atoms with van der Waals surface area (Å²) < 4.78 is 4.49. The Bertz CT molecular complexity index is 393. The van der Waals surface area contributed by atoms with E-state index in [-0.39, 0.29) is 26.3 Å². The van der Waals surface area contributed by atoms with Gasteiger partial charge in [0.05, 0.1) is 33.4 Å². The lowest BCUT2D eigenvalue weighted by molar-refractivity contribution is 0.0602. The summed E-state index contributed by atoms with van der Waals surface area (Å²) in [6.45, 7) is 0. The number of benzene rings is 1. The highest BCUT2D eigenvalue weighted by molar-refractivity contribution is 6.49. The summed E-state index contributed by atoms with van der Waals surface area (Å²) in [5.74, 6) is -0.608. The number of esters is 1. The van der Waals surface area contributed by atoms with Gasteiger partial charge in [-0.1, -0.05) is 34.8 Å². The second-order valence-electron chi connectivity index (χ2n) is 2.44. The molecule has 14 heavy (non-hydrogen) atoms. The van der Waals surface area contributed by atoms with Crippen molar-refractivity contribution in [3.8, 4) is 0 Å². The van der Waals surface area contributed by atoms with Gasteiger partial charge in [-0.05, 0) is 6.07 Å². The molecule has 3 nitrogen and oxygen atoms in total. The summed E-state index contributed by atoms with van der Waals surface area (Å²) in [6, 6.07) is 1.32. The van der Waals surface area contributed by atoms with Crippen LogP contribution in [0.15, 0.2) is 6.07 Å². The van der Waals surface area contributed by atoms with Crippen molar-refractivity contribution in [3.63, 3.8) is 0 Å². The number of carbonyl (C=O) groups is 1. The van der Waals surface area contributed by atoms with Crippen molar-refractivity contribution in [2.75, 3.05) is 12.8 Å². The molecule has 0 saturated heterocycles. The van der Waals surface area contributed by atoms with Gasteiger partial charge in [-0.15, -0.1) is 0 Å². The number of hydrogen-bond acceptors (Lipinski definition) is 3. The fraction of sp³-hybridized carbons (Fsp3) is 0.125. The van der Waals surface area contributed by atoms with Crippen molar-refractivity contribution in [2.45, 2.75) is 0 Å². The second-order valence-corrected chi connectivity index (χ2v) is 3.60. The molecule has 6 heteroatoms. The topological polar surface area (TPSA) is 52.3 Å². The maximum atomic E-state index is 11.2. The van der Waals surface area contributed by atoms with Crippen molar-refractivity contribution >= 4 is 46.5 Å². The first-order valence-corrected chi connectivity index (χ1v) is 4.63. The number of rotatable bonds is 1. The van der Waals surface area contributed by atoms with Crippen LogP contribution in [0.5, 0.6) is 0 Å². The minimum atomic E-state index is -0.608. The van der Waals surface area contributed by atoms with Gasteiger partial charge in [-0.25, -0.2) is 4.79 Å². The van der Waals surface area contributed by atoms with E-state index in [4.69, 9.17) is 40.5 Å². The lowest BCUT2D eigenvalue weighted by atomic mass is 10.2. The van der Waals surface area contributed by atoms with Crippen LogP contribution in [0, 0.1) is 0 Å². The van der Waals surface area contributed by atoms with Crippen LogP contribution in [-0.4, -0.2) is 13.1 Å². The molecule has 0 aliphatic heterocycles. The van der Waals surface area contributed by atoms with E-state index in [9.17, 15) is 4.79 Å². The quantitative estimate of drug-likeness (QED) is 0.476. The summed E-state index contributed by atoms with van der Waals surface area (Å²) in [4.78, 5) is 11.2. The molecule has 0 fully saturated rings. The van der Waals surface area contributed by atoms with Crippen molar-refractivity contribution < 1.29 is 9.53 Å². The number of methoxy groups -OCH3 is 1. The highest BCUT2D eigenvalue weighted by atomic mass is 35.5. The van der Waals surface area contributed by atoms with Crippen LogP contribution in [-0.2, 0) is 4.74 Å². The van der Waals surface area contributed by atoms with E-state index in [0.717, 1.165) is 0 Å². The van der Waals surface area contributed by atoms with Gasteiger partial charge in [0.15, 0.2) is 0 Å². The van der Waals surface area contributed by atoms with Gasteiger partial charge in [0, 0.05) is 0 Å². The Morgan fingerprint density at radius 1 is 1.36 bits per heavy atom. The molecule has 1 aromatic carbocycles. The van der Waals surface area contributed by atoms with Crippen molar-refractivity contribution in [3.05, 3.63) is 26.7 Å². The third kappa shape index (κ3) is 1.90. The first-order chi connectivity index (χ1) is 6.49. The molecule has 0 unspecified atom stereocenters. The Morgan fingerprint density at radius 2 is 1.93 bits per heavy atom. The Labute approximate surface area is 95.7 Å². The maximum absolute atomic E-state index is 11.2. The van der Waals surface area contributed by atoms with Gasteiger partial charge in [-0.2, -0.15) is 0 Å². The summed E-state index contributed by atoms with van der Waals surface area (Å²) in [6.07, 6.45) is 0.